The summed E-state index contributed by atoms with van der Waals surface area (Å²) in [6.45, 7) is 6.61. The Bertz CT molecular complexity index is 2870. The van der Waals surface area contributed by atoms with Gasteiger partial charge in [0.2, 0.25) is 0 Å². The predicted molar refractivity (Wildman–Crippen MR) is 248 cm³/mol. The quantitative estimate of drug-likeness (QED) is 0.122. The van der Waals surface area contributed by atoms with E-state index in [1.165, 1.54) is 27.4 Å². The molecule has 1 aromatic heterocycles. The van der Waals surface area contributed by atoms with Crippen molar-refractivity contribution in [1.29, 1.82) is 0 Å². The van der Waals surface area contributed by atoms with E-state index >= 15 is 0 Å². The molecule has 3 nitrogen and oxygen atoms in total. The van der Waals surface area contributed by atoms with Crippen molar-refractivity contribution in [2.24, 2.45) is 0 Å². The van der Waals surface area contributed by atoms with E-state index in [1.54, 1.807) is 0 Å². The molecule has 0 aliphatic carbocycles. The van der Waals surface area contributed by atoms with Crippen LogP contribution in [0, 0.1) is 0 Å². The molecule has 3 heteroatoms. The zero-order valence-corrected chi connectivity index (χ0v) is 32.5. The minimum atomic E-state index is 0.857. The molecule has 0 unspecified atom stereocenters. The number of benzene rings is 8. The van der Waals surface area contributed by atoms with Crippen molar-refractivity contribution < 1.29 is 0 Å². The highest BCUT2D eigenvalue weighted by Crippen LogP contribution is 2.43. The SMILES string of the molecule is C=C(/C=C\C=C/C)N(c1ccccc1)c1cc(-c2cccc(-c3ccc4c(c3)c3ccccc3n4-c3ccccc3)c2)cc(N(c2ccccc2)c2ccccc2)c1. The Labute approximate surface area is 341 Å². The fourth-order valence-corrected chi connectivity index (χ4v) is 7.92. The van der Waals surface area contributed by atoms with E-state index in [2.05, 4.69) is 233 Å². The van der Waals surface area contributed by atoms with Gasteiger partial charge in [0.1, 0.15) is 0 Å². The number of rotatable bonds is 11. The summed E-state index contributed by atoms with van der Waals surface area (Å²) in [5.74, 6) is 0. The van der Waals surface area contributed by atoms with Crippen LogP contribution < -0.4 is 9.80 Å². The first-order chi connectivity index (χ1) is 28.7. The molecular formula is C55H43N3. The van der Waals surface area contributed by atoms with Crippen LogP contribution in [0.25, 0.3) is 49.7 Å². The van der Waals surface area contributed by atoms with Crippen molar-refractivity contribution in [1.82, 2.24) is 4.57 Å². The lowest BCUT2D eigenvalue weighted by molar-refractivity contribution is 1.18. The Morgan fingerprint density at radius 3 is 1.66 bits per heavy atom. The zero-order valence-electron chi connectivity index (χ0n) is 32.5. The van der Waals surface area contributed by atoms with Gasteiger partial charge in [-0.2, -0.15) is 0 Å². The summed E-state index contributed by atoms with van der Waals surface area (Å²) in [4.78, 5) is 4.57. The van der Waals surface area contributed by atoms with Crippen molar-refractivity contribution in [3.05, 3.63) is 243 Å². The number of hydrogen-bond acceptors (Lipinski definition) is 2. The van der Waals surface area contributed by atoms with Crippen molar-refractivity contribution in [2.45, 2.75) is 6.92 Å². The Morgan fingerprint density at radius 2 is 0.983 bits per heavy atom. The standard InChI is InChI=1S/C55H43N3/c1-3-4-9-21-41(2)56(46-24-10-5-11-25-46)50-37-45(38-51(40-50)57(47-26-12-6-13-27-47)48-28-14-7-15-29-48)43-23-20-22-42(36-43)44-34-35-55-53(39-44)52-32-18-19-33-54(52)58(55)49-30-16-8-17-31-49/h3-40H,2H2,1H3/b4-3-,21-9-. The number of nitrogens with zero attached hydrogens (tertiary/aromatic N) is 3. The molecule has 0 spiro atoms. The topological polar surface area (TPSA) is 11.4 Å². The van der Waals surface area contributed by atoms with E-state index in [0.29, 0.717) is 0 Å². The number of allylic oxidation sites excluding steroid dienone is 4. The molecule has 0 aliphatic rings. The van der Waals surface area contributed by atoms with Gasteiger partial charge in [-0.25, -0.2) is 0 Å². The van der Waals surface area contributed by atoms with E-state index in [1.807, 2.05) is 25.2 Å². The van der Waals surface area contributed by atoms with E-state index in [0.717, 1.165) is 56.5 Å². The van der Waals surface area contributed by atoms with E-state index in [9.17, 15) is 0 Å². The highest BCUT2D eigenvalue weighted by molar-refractivity contribution is 6.10. The number of anilines is 5. The van der Waals surface area contributed by atoms with Crippen LogP contribution >= 0.6 is 0 Å². The Balaban J connectivity index is 1.22. The minimum Gasteiger partial charge on any atom is -0.311 e. The second-order valence-corrected chi connectivity index (χ2v) is 14.3. The van der Waals surface area contributed by atoms with Crippen LogP contribution in [0.15, 0.2) is 243 Å². The van der Waals surface area contributed by atoms with Crippen LogP contribution in [-0.4, -0.2) is 4.57 Å². The van der Waals surface area contributed by atoms with Gasteiger partial charge in [-0.15, -0.1) is 0 Å². The van der Waals surface area contributed by atoms with Crippen LogP contribution in [0.4, 0.5) is 28.4 Å². The number of fused-ring (bicyclic) bond motifs is 3. The fraction of sp³-hybridized carbons (Fsp3) is 0.0182. The first kappa shape index (κ1) is 36.0. The summed E-state index contributed by atoms with van der Waals surface area (Å²) in [6.07, 6.45) is 8.17. The molecule has 9 aromatic rings. The van der Waals surface area contributed by atoms with E-state index in [-0.39, 0.29) is 0 Å². The van der Waals surface area contributed by atoms with Crippen molar-refractivity contribution in [2.75, 3.05) is 9.80 Å². The van der Waals surface area contributed by atoms with Gasteiger partial charge in [-0.05, 0) is 126 Å². The largest absolute Gasteiger partial charge is 0.311 e. The summed E-state index contributed by atoms with van der Waals surface area (Å²) < 4.78 is 2.36. The van der Waals surface area contributed by atoms with Crippen molar-refractivity contribution in [3.63, 3.8) is 0 Å². The average molecular weight is 746 g/mol. The normalized spacial score (nSPS) is 11.5. The third-order valence-corrected chi connectivity index (χ3v) is 10.6. The lowest BCUT2D eigenvalue weighted by Gasteiger charge is -2.30. The second kappa shape index (κ2) is 16.2. The van der Waals surface area contributed by atoms with Crippen molar-refractivity contribution >= 4 is 50.2 Å². The molecule has 0 saturated heterocycles. The van der Waals surface area contributed by atoms with Gasteiger partial charge in [-0.1, -0.05) is 140 Å². The van der Waals surface area contributed by atoms with Gasteiger partial charge < -0.3 is 14.4 Å². The fourth-order valence-electron chi connectivity index (χ4n) is 7.92. The van der Waals surface area contributed by atoms with Crippen LogP contribution in [0.1, 0.15) is 6.92 Å². The minimum absolute atomic E-state index is 0.857. The summed E-state index contributed by atoms with van der Waals surface area (Å²) in [5.41, 5.74) is 14.2. The lowest BCUT2D eigenvalue weighted by atomic mass is 9.96. The number of hydrogen-bond donors (Lipinski definition) is 0. The summed E-state index contributed by atoms with van der Waals surface area (Å²) in [6, 6.07) is 73.6. The molecule has 278 valence electrons. The maximum absolute atomic E-state index is 4.58. The van der Waals surface area contributed by atoms with Gasteiger partial charge in [-0.3, -0.25) is 0 Å². The molecule has 9 rings (SSSR count). The molecule has 0 fully saturated rings. The predicted octanol–water partition coefficient (Wildman–Crippen LogP) is 15.4. The summed E-state index contributed by atoms with van der Waals surface area (Å²) >= 11 is 0. The van der Waals surface area contributed by atoms with Gasteiger partial charge in [0.15, 0.2) is 0 Å². The van der Waals surface area contributed by atoms with Gasteiger partial charge in [0.25, 0.3) is 0 Å². The highest BCUT2D eigenvalue weighted by atomic mass is 15.2. The van der Waals surface area contributed by atoms with E-state index in [4.69, 9.17) is 0 Å². The number of para-hydroxylation sites is 5. The smallest absolute Gasteiger partial charge is 0.0541 e. The van der Waals surface area contributed by atoms with Crippen LogP contribution in [0.3, 0.4) is 0 Å². The van der Waals surface area contributed by atoms with Crippen LogP contribution in [-0.2, 0) is 0 Å². The third-order valence-electron chi connectivity index (χ3n) is 10.6. The third kappa shape index (κ3) is 7.13. The summed E-state index contributed by atoms with van der Waals surface area (Å²) in [7, 11) is 0. The maximum atomic E-state index is 4.58. The monoisotopic (exact) mass is 745 g/mol. The first-order valence-corrected chi connectivity index (χ1v) is 19.7. The average Bonchev–Trinajstić information content (AvgIpc) is 3.62. The molecule has 8 aromatic carbocycles. The molecular weight excluding hydrogens is 703 g/mol. The molecule has 0 amide bonds. The van der Waals surface area contributed by atoms with Gasteiger partial charge in [0, 0.05) is 50.6 Å². The highest BCUT2D eigenvalue weighted by Gasteiger charge is 2.20. The molecule has 0 bridgehead atoms. The van der Waals surface area contributed by atoms with E-state index < -0.39 is 0 Å². The lowest BCUT2D eigenvalue weighted by Crippen LogP contribution is -2.16. The zero-order chi connectivity index (χ0) is 39.3. The molecule has 0 saturated carbocycles. The summed E-state index contributed by atoms with van der Waals surface area (Å²) in [5, 5.41) is 2.47. The number of aromatic nitrogens is 1. The molecule has 0 aliphatic heterocycles. The van der Waals surface area contributed by atoms with Crippen LogP contribution in [0.5, 0.6) is 0 Å². The maximum Gasteiger partial charge on any atom is 0.0541 e. The van der Waals surface area contributed by atoms with Gasteiger partial charge in [0.05, 0.1) is 11.0 Å². The Morgan fingerprint density at radius 1 is 0.431 bits per heavy atom. The molecule has 0 radical (unpaired) electrons. The molecule has 58 heavy (non-hydrogen) atoms. The second-order valence-electron chi connectivity index (χ2n) is 14.3. The Hall–Kier alpha value is -7.62. The van der Waals surface area contributed by atoms with Crippen molar-refractivity contribution in [3.8, 4) is 27.9 Å². The van der Waals surface area contributed by atoms with Crippen LogP contribution in [0.2, 0.25) is 0 Å². The first-order valence-electron chi connectivity index (χ1n) is 19.7. The Kier molecular flexibility index (Phi) is 10.1. The van der Waals surface area contributed by atoms with Gasteiger partial charge >= 0.3 is 0 Å². The molecule has 0 N–H and O–H groups in total. The molecule has 1 heterocycles. The molecule has 0 atom stereocenters.